The van der Waals surface area contributed by atoms with Crippen LogP contribution in [0.3, 0.4) is 0 Å². The van der Waals surface area contributed by atoms with Crippen molar-refractivity contribution in [3.63, 3.8) is 0 Å². The molecule has 0 aromatic rings. The Morgan fingerprint density at radius 1 is 1.46 bits per heavy atom. The van der Waals surface area contributed by atoms with Crippen molar-refractivity contribution in [3.8, 4) is 0 Å². The van der Waals surface area contributed by atoms with Gasteiger partial charge in [-0.15, -0.1) is 0 Å². The molecular formula is C12H22O. The van der Waals surface area contributed by atoms with Gasteiger partial charge < -0.3 is 5.11 Å². The van der Waals surface area contributed by atoms with Crippen LogP contribution in [0.15, 0.2) is 12.2 Å². The standard InChI is InChI=1S/C12H22O/c1-9-6-7-10(11(2,3)4)8-12(9,5)13/h10,13H,1,6-8H2,2-5H3/t10-,12+/m0/s1. The van der Waals surface area contributed by atoms with E-state index >= 15 is 0 Å². The smallest absolute Gasteiger partial charge is 0.0829 e. The average Bonchev–Trinajstić information content (AvgIpc) is 1.92. The lowest BCUT2D eigenvalue weighted by atomic mass is 9.66. The summed E-state index contributed by atoms with van der Waals surface area (Å²) < 4.78 is 0. The first-order chi connectivity index (χ1) is 5.73. The normalized spacial score (nSPS) is 36.4. The van der Waals surface area contributed by atoms with Gasteiger partial charge in [0, 0.05) is 0 Å². The Labute approximate surface area is 81.9 Å². The van der Waals surface area contributed by atoms with Gasteiger partial charge in [0.25, 0.3) is 0 Å². The number of hydrogen-bond acceptors (Lipinski definition) is 1. The van der Waals surface area contributed by atoms with Crippen molar-refractivity contribution in [2.24, 2.45) is 11.3 Å². The summed E-state index contributed by atoms with van der Waals surface area (Å²) in [5.74, 6) is 0.619. The highest BCUT2D eigenvalue weighted by atomic mass is 16.3. The van der Waals surface area contributed by atoms with E-state index in [1.165, 1.54) is 6.42 Å². The molecule has 0 aromatic heterocycles. The maximum absolute atomic E-state index is 10.1. The second kappa shape index (κ2) is 3.13. The Hall–Kier alpha value is -0.300. The van der Waals surface area contributed by atoms with E-state index in [1.807, 2.05) is 6.92 Å². The summed E-state index contributed by atoms with van der Waals surface area (Å²) in [4.78, 5) is 0. The zero-order valence-corrected chi connectivity index (χ0v) is 9.35. The molecule has 0 spiro atoms. The molecule has 1 rings (SSSR count). The fraction of sp³-hybridized carbons (Fsp3) is 0.833. The minimum absolute atomic E-state index is 0.310. The third kappa shape index (κ3) is 2.34. The Morgan fingerprint density at radius 2 is 2.00 bits per heavy atom. The number of aliphatic hydroxyl groups is 1. The molecule has 0 aromatic carbocycles. The molecule has 1 aliphatic rings. The minimum atomic E-state index is -0.629. The van der Waals surface area contributed by atoms with Crippen molar-refractivity contribution in [1.29, 1.82) is 0 Å². The van der Waals surface area contributed by atoms with Gasteiger partial charge in [0.15, 0.2) is 0 Å². The van der Waals surface area contributed by atoms with Gasteiger partial charge in [0.2, 0.25) is 0 Å². The lowest BCUT2D eigenvalue weighted by molar-refractivity contribution is 0.0191. The van der Waals surface area contributed by atoms with E-state index in [-0.39, 0.29) is 0 Å². The summed E-state index contributed by atoms with van der Waals surface area (Å²) in [5.41, 5.74) is 0.689. The molecule has 1 heteroatoms. The third-order valence-corrected chi connectivity index (χ3v) is 3.42. The monoisotopic (exact) mass is 182 g/mol. The highest BCUT2D eigenvalue weighted by molar-refractivity contribution is 5.14. The maximum atomic E-state index is 10.1. The van der Waals surface area contributed by atoms with Crippen molar-refractivity contribution in [2.45, 2.75) is 52.6 Å². The number of rotatable bonds is 0. The second-order valence-corrected chi connectivity index (χ2v) is 5.68. The molecule has 0 amide bonds. The molecule has 0 radical (unpaired) electrons. The molecule has 76 valence electrons. The largest absolute Gasteiger partial charge is 0.386 e. The quantitative estimate of drug-likeness (QED) is 0.571. The van der Waals surface area contributed by atoms with E-state index in [2.05, 4.69) is 27.4 Å². The molecular weight excluding hydrogens is 160 g/mol. The minimum Gasteiger partial charge on any atom is -0.386 e. The zero-order chi connectivity index (χ0) is 10.3. The van der Waals surface area contributed by atoms with Crippen LogP contribution in [0.1, 0.15) is 47.0 Å². The number of hydrogen-bond donors (Lipinski definition) is 1. The van der Waals surface area contributed by atoms with Crippen molar-refractivity contribution in [3.05, 3.63) is 12.2 Å². The molecule has 1 nitrogen and oxygen atoms in total. The fourth-order valence-electron chi connectivity index (χ4n) is 2.08. The molecule has 0 heterocycles. The van der Waals surface area contributed by atoms with E-state index in [1.54, 1.807) is 0 Å². The van der Waals surface area contributed by atoms with Crippen LogP contribution in [0.5, 0.6) is 0 Å². The van der Waals surface area contributed by atoms with Crippen molar-refractivity contribution < 1.29 is 5.11 Å². The molecule has 0 aliphatic heterocycles. The summed E-state index contributed by atoms with van der Waals surface area (Å²) in [5, 5.41) is 10.1. The third-order valence-electron chi connectivity index (χ3n) is 3.42. The topological polar surface area (TPSA) is 20.2 Å². The van der Waals surface area contributed by atoms with Crippen LogP contribution < -0.4 is 0 Å². The fourth-order valence-corrected chi connectivity index (χ4v) is 2.08. The summed E-state index contributed by atoms with van der Waals surface area (Å²) in [7, 11) is 0. The van der Waals surface area contributed by atoms with E-state index in [4.69, 9.17) is 0 Å². The van der Waals surface area contributed by atoms with Gasteiger partial charge in [-0.1, -0.05) is 27.4 Å². The van der Waals surface area contributed by atoms with E-state index in [9.17, 15) is 5.11 Å². The van der Waals surface area contributed by atoms with E-state index in [0.29, 0.717) is 11.3 Å². The zero-order valence-electron chi connectivity index (χ0n) is 9.35. The Bertz CT molecular complexity index is 208. The van der Waals surface area contributed by atoms with Crippen LogP contribution in [0, 0.1) is 11.3 Å². The van der Waals surface area contributed by atoms with Crippen molar-refractivity contribution >= 4 is 0 Å². The summed E-state index contributed by atoms with van der Waals surface area (Å²) in [6.45, 7) is 12.6. The van der Waals surface area contributed by atoms with Gasteiger partial charge in [-0.05, 0) is 43.1 Å². The van der Waals surface area contributed by atoms with Gasteiger partial charge in [-0.3, -0.25) is 0 Å². The molecule has 0 unspecified atom stereocenters. The van der Waals surface area contributed by atoms with Crippen LogP contribution in [0.4, 0.5) is 0 Å². The molecule has 0 saturated heterocycles. The molecule has 2 atom stereocenters. The van der Waals surface area contributed by atoms with Gasteiger partial charge in [0.1, 0.15) is 0 Å². The molecule has 1 aliphatic carbocycles. The lowest BCUT2D eigenvalue weighted by Crippen LogP contribution is -2.38. The second-order valence-electron chi connectivity index (χ2n) is 5.68. The first-order valence-corrected chi connectivity index (χ1v) is 5.14. The Morgan fingerprint density at radius 3 is 2.38 bits per heavy atom. The first kappa shape index (κ1) is 10.8. The molecule has 13 heavy (non-hydrogen) atoms. The van der Waals surface area contributed by atoms with Gasteiger partial charge in [-0.25, -0.2) is 0 Å². The Kier molecular flexibility index (Phi) is 2.59. The highest BCUT2D eigenvalue weighted by Gasteiger charge is 2.37. The predicted octanol–water partition coefficient (Wildman–Crippen LogP) is 3.14. The van der Waals surface area contributed by atoms with Gasteiger partial charge >= 0.3 is 0 Å². The first-order valence-electron chi connectivity index (χ1n) is 5.14. The maximum Gasteiger partial charge on any atom is 0.0829 e. The van der Waals surface area contributed by atoms with Crippen molar-refractivity contribution in [1.82, 2.24) is 0 Å². The van der Waals surface area contributed by atoms with Crippen molar-refractivity contribution in [2.75, 3.05) is 0 Å². The SMILES string of the molecule is C=C1CC[C@H](C(C)(C)C)C[C@@]1(C)O. The van der Waals surface area contributed by atoms with E-state index < -0.39 is 5.60 Å². The van der Waals surface area contributed by atoms with Gasteiger partial charge in [0.05, 0.1) is 5.60 Å². The van der Waals surface area contributed by atoms with Crippen LogP contribution in [0.25, 0.3) is 0 Å². The Balaban J connectivity index is 2.72. The predicted molar refractivity (Wildman–Crippen MR) is 56.6 cm³/mol. The average molecular weight is 182 g/mol. The molecule has 1 N–H and O–H groups in total. The molecule has 0 bridgehead atoms. The van der Waals surface area contributed by atoms with Crippen LogP contribution >= 0.6 is 0 Å². The van der Waals surface area contributed by atoms with Crippen LogP contribution in [-0.2, 0) is 0 Å². The van der Waals surface area contributed by atoms with Crippen LogP contribution in [0.2, 0.25) is 0 Å². The molecule has 1 saturated carbocycles. The highest BCUT2D eigenvalue weighted by Crippen LogP contribution is 2.43. The summed E-state index contributed by atoms with van der Waals surface area (Å²) in [6, 6.07) is 0. The summed E-state index contributed by atoms with van der Waals surface area (Å²) in [6.07, 6.45) is 3.03. The summed E-state index contributed by atoms with van der Waals surface area (Å²) >= 11 is 0. The lowest BCUT2D eigenvalue weighted by Gasteiger charge is -2.42. The molecule has 1 fully saturated rings. The van der Waals surface area contributed by atoms with E-state index in [0.717, 1.165) is 18.4 Å². The van der Waals surface area contributed by atoms with Crippen LogP contribution in [-0.4, -0.2) is 10.7 Å². The van der Waals surface area contributed by atoms with Gasteiger partial charge in [-0.2, -0.15) is 0 Å².